The van der Waals surface area contributed by atoms with Gasteiger partial charge in [-0.1, -0.05) is 13.8 Å². The molecule has 2 atom stereocenters. The molecule has 0 aliphatic carbocycles. The number of rotatable bonds is 7. The van der Waals surface area contributed by atoms with Gasteiger partial charge < -0.3 is 15.4 Å². The normalized spacial score (nSPS) is 18.3. The molecule has 1 rings (SSSR count). The lowest BCUT2D eigenvalue weighted by molar-refractivity contribution is -0.136. The van der Waals surface area contributed by atoms with Gasteiger partial charge >= 0.3 is 6.09 Å². The molecule has 1 aliphatic heterocycles. The number of carbonyl (C=O) groups is 5. The van der Waals surface area contributed by atoms with Crippen LogP contribution in [-0.4, -0.2) is 47.8 Å². The number of alkyl carbamates (subject to hydrolysis) is 1. The largest absolute Gasteiger partial charge is 0.444 e. The summed E-state index contributed by atoms with van der Waals surface area (Å²) in [7, 11) is 0. The average Bonchev–Trinajstić information content (AvgIpc) is 2.80. The standard InChI is InChI=1S/C17H27N3O6/c1-9(2)13(14(23)10-8-12(22)20-15(10)24)19-11(21)6-7-18-16(25)26-17(3,4)5/h9-10,13H,6-8H2,1-5H3,(H,18,25)(H,19,21)(H,20,22,24)/t10-,13?/m1/s1. The second kappa shape index (κ2) is 8.77. The summed E-state index contributed by atoms with van der Waals surface area (Å²) < 4.78 is 5.05. The fourth-order valence-electron chi connectivity index (χ4n) is 2.40. The van der Waals surface area contributed by atoms with Crippen molar-refractivity contribution >= 4 is 29.6 Å². The second-order valence-electron chi connectivity index (χ2n) is 7.54. The molecule has 0 bridgehead atoms. The topological polar surface area (TPSA) is 131 Å². The van der Waals surface area contributed by atoms with Gasteiger partial charge in [0.2, 0.25) is 17.7 Å². The number of carbonyl (C=O) groups excluding carboxylic acids is 5. The lowest BCUT2D eigenvalue weighted by Crippen LogP contribution is -2.48. The first-order chi connectivity index (χ1) is 11.9. The molecule has 146 valence electrons. The van der Waals surface area contributed by atoms with Crippen molar-refractivity contribution in [1.82, 2.24) is 16.0 Å². The van der Waals surface area contributed by atoms with E-state index in [-0.39, 0.29) is 25.3 Å². The van der Waals surface area contributed by atoms with E-state index in [0.717, 1.165) is 0 Å². The van der Waals surface area contributed by atoms with E-state index in [1.54, 1.807) is 34.6 Å². The predicted molar refractivity (Wildman–Crippen MR) is 91.9 cm³/mol. The SMILES string of the molecule is CC(C)C(NC(=O)CCNC(=O)OC(C)(C)C)C(=O)[C@H]1CC(=O)NC1=O. The van der Waals surface area contributed by atoms with Gasteiger partial charge in [-0.3, -0.25) is 24.5 Å². The van der Waals surface area contributed by atoms with Gasteiger partial charge in [0.15, 0.2) is 5.78 Å². The van der Waals surface area contributed by atoms with Crippen molar-refractivity contribution in [2.24, 2.45) is 11.8 Å². The van der Waals surface area contributed by atoms with Crippen LogP contribution in [0.15, 0.2) is 0 Å². The van der Waals surface area contributed by atoms with E-state index in [0.29, 0.717) is 0 Å². The molecule has 1 heterocycles. The molecule has 0 aromatic heterocycles. The van der Waals surface area contributed by atoms with Crippen molar-refractivity contribution in [3.05, 3.63) is 0 Å². The highest BCUT2D eigenvalue weighted by Crippen LogP contribution is 2.17. The van der Waals surface area contributed by atoms with Crippen LogP contribution in [0.4, 0.5) is 4.79 Å². The molecule has 0 spiro atoms. The van der Waals surface area contributed by atoms with E-state index < -0.39 is 47.2 Å². The number of amides is 4. The van der Waals surface area contributed by atoms with Crippen molar-refractivity contribution in [3.63, 3.8) is 0 Å². The number of hydrogen-bond acceptors (Lipinski definition) is 6. The third kappa shape index (κ3) is 6.81. The first-order valence-electron chi connectivity index (χ1n) is 8.54. The number of imide groups is 1. The minimum absolute atomic E-state index is 0.0438. The van der Waals surface area contributed by atoms with E-state index in [9.17, 15) is 24.0 Å². The second-order valence-corrected chi connectivity index (χ2v) is 7.54. The van der Waals surface area contributed by atoms with Gasteiger partial charge in [0.25, 0.3) is 0 Å². The lowest BCUT2D eigenvalue weighted by Gasteiger charge is -2.23. The van der Waals surface area contributed by atoms with Crippen LogP contribution in [0.2, 0.25) is 0 Å². The highest BCUT2D eigenvalue weighted by molar-refractivity contribution is 6.15. The van der Waals surface area contributed by atoms with Gasteiger partial charge in [-0.25, -0.2) is 4.79 Å². The van der Waals surface area contributed by atoms with Crippen molar-refractivity contribution in [3.8, 4) is 0 Å². The molecule has 9 heteroatoms. The highest BCUT2D eigenvalue weighted by Gasteiger charge is 2.40. The molecular weight excluding hydrogens is 342 g/mol. The van der Waals surface area contributed by atoms with Gasteiger partial charge in [0.05, 0.1) is 6.04 Å². The molecule has 1 saturated heterocycles. The molecule has 1 fully saturated rings. The predicted octanol–water partition coefficient (Wildman–Crippen LogP) is 0.274. The first-order valence-corrected chi connectivity index (χ1v) is 8.54. The van der Waals surface area contributed by atoms with Crippen molar-refractivity contribution in [2.45, 2.75) is 59.1 Å². The number of hydrogen-bond donors (Lipinski definition) is 3. The van der Waals surface area contributed by atoms with Crippen LogP contribution in [0, 0.1) is 11.8 Å². The molecule has 1 aliphatic rings. The van der Waals surface area contributed by atoms with Crippen LogP contribution in [-0.2, 0) is 23.9 Å². The van der Waals surface area contributed by atoms with Crippen LogP contribution in [0.3, 0.4) is 0 Å². The minimum atomic E-state index is -1.07. The number of nitrogens with one attached hydrogen (secondary N) is 3. The Morgan fingerprint density at radius 2 is 1.85 bits per heavy atom. The van der Waals surface area contributed by atoms with E-state index in [4.69, 9.17) is 4.74 Å². The number of ether oxygens (including phenoxy) is 1. The molecule has 26 heavy (non-hydrogen) atoms. The minimum Gasteiger partial charge on any atom is -0.444 e. The van der Waals surface area contributed by atoms with Gasteiger partial charge in [-0.15, -0.1) is 0 Å². The summed E-state index contributed by atoms with van der Waals surface area (Å²) in [6.45, 7) is 8.68. The van der Waals surface area contributed by atoms with Crippen molar-refractivity contribution < 1.29 is 28.7 Å². The van der Waals surface area contributed by atoms with Gasteiger partial charge in [-0.05, 0) is 26.7 Å². The van der Waals surface area contributed by atoms with Crippen molar-refractivity contribution in [1.29, 1.82) is 0 Å². The highest BCUT2D eigenvalue weighted by atomic mass is 16.6. The van der Waals surface area contributed by atoms with E-state index >= 15 is 0 Å². The molecular formula is C17H27N3O6. The Bertz CT molecular complexity index is 594. The summed E-state index contributed by atoms with van der Waals surface area (Å²) in [6, 6.07) is -0.884. The van der Waals surface area contributed by atoms with E-state index in [2.05, 4.69) is 16.0 Å². The zero-order chi connectivity index (χ0) is 20.1. The molecule has 0 radical (unpaired) electrons. The maximum absolute atomic E-state index is 12.5. The molecule has 0 saturated carbocycles. The summed E-state index contributed by atoms with van der Waals surface area (Å²) in [5, 5.41) is 7.12. The van der Waals surface area contributed by atoms with Crippen LogP contribution in [0.25, 0.3) is 0 Å². The quantitative estimate of drug-likeness (QED) is 0.436. The van der Waals surface area contributed by atoms with Crippen molar-refractivity contribution in [2.75, 3.05) is 6.54 Å². The molecule has 0 aromatic carbocycles. The smallest absolute Gasteiger partial charge is 0.407 e. The van der Waals surface area contributed by atoms with Gasteiger partial charge in [0, 0.05) is 19.4 Å². The maximum Gasteiger partial charge on any atom is 0.407 e. The fourth-order valence-corrected chi connectivity index (χ4v) is 2.40. The Morgan fingerprint density at radius 1 is 1.23 bits per heavy atom. The maximum atomic E-state index is 12.5. The van der Waals surface area contributed by atoms with Crippen LogP contribution in [0.5, 0.6) is 0 Å². The fraction of sp³-hybridized carbons (Fsp3) is 0.706. The Kier molecular flexibility index (Phi) is 7.29. The third-order valence-corrected chi connectivity index (χ3v) is 3.62. The molecule has 4 amide bonds. The third-order valence-electron chi connectivity index (χ3n) is 3.62. The lowest BCUT2D eigenvalue weighted by atomic mass is 9.90. The van der Waals surface area contributed by atoms with Crippen LogP contribution < -0.4 is 16.0 Å². The summed E-state index contributed by atoms with van der Waals surface area (Å²) in [5.74, 6) is -3.39. The Hall–Kier alpha value is -2.45. The van der Waals surface area contributed by atoms with E-state index in [1.807, 2.05) is 0 Å². The molecule has 1 unspecified atom stereocenters. The Morgan fingerprint density at radius 3 is 2.31 bits per heavy atom. The Balaban J connectivity index is 2.53. The zero-order valence-corrected chi connectivity index (χ0v) is 15.8. The zero-order valence-electron chi connectivity index (χ0n) is 15.8. The summed E-state index contributed by atoms with van der Waals surface area (Å²) in [4.78, 5) is 59.0. The summed E-state index contributed by atoms with van der Waals surface area (Å²) in [6.07, 6.45) is -0.884. The van der Waals surface area contributed by atoms with Gasteiger partial charge in [0.1, 0.15) is 11.5 Å². The monoisotopic (exact) mass is 369 g/mol. The van der Waals surface area contributed by atoms with Crippen LogP contribution in [0.1, 0.15) is 47.5 Å². The summed E-state index contributed by atoms with van der Waals surface area (Å²) >= 11 is 0. The first kappa shape index (κ1) is 21.6. The Labute approximate surface area is 152 Å². The number of Topliss-reactive ketones (excluding diaryl/α,β-unsaturated/α-hetero) is 1. The average molecular weight is 369 g/mol. The van der Waals surface area contributed by atoms with Crippen LogP contribution >= 0.6 is 0 Å². The molecule has 3 N–H and O–H groups in total. The van der Waals surface area contributed by atoms with E-state index in [1.165, 1.54) is 0 Å². The molecule has 0 aromatic rings. The summed E-state index contributed by atoms with van der Waals surface area (Å²) in [5.41, 5.74) is -0.638. The number of ketones is 1. The molecule has 9 nitrogen and oxygen atoms in total. The van der Waals surface area contributed by atoms with Gasteiger partial charge in [-0.2, -0.15) is 0 Å².